The summed E-state index contributed by atoms with van der Waals surface area (Å²) in [5.41, 5.74) is 0.284. The fraction of sp³-hybridized carbons (Fsp3) is 0.111. The number of carbonyl (C=O) groups is 1. The van der Waals surface area contributed by atoms with Gasteiger partial charge in [0.2, 0.25) is 0 Å². The molecule has 2 rings (SSSR count). The van der Waals surface area contributed by atoms with E-state index in [0.717, 1.165) is 0 Å². The van der Waals surface area contributed by atoms with Gasteiger partial charge >= 0.3 is 0 Å². The van der Waals surface area contributed by atoms with Crippen LogP contribution >= 0.6 is 0 Å². The summed E-state index contributed by atoms with van der Waals surface area (Å²) < 4.78 is 18.8. The molecular formula is C18H15FN2O3. The average Bonchev–Trinajstić information content (AvgIpc) is 2.57. The summed E-state index contributed by atoms with van der Waals surface area (Å²) in [7, 11) is 0. The number of amides is 1. The molecule has 5 nitrogen and oxygen atoms in total. The van der Waals surface area contributed by atoms with Crippen molar-refractivity contribution in [2.45, 2.75) is 6.92 Å². The van der Waals surface area contributed by atoms with Crippen LogP contribution < -0.4 is 10.1 Å². The Kier molecular flexibility index (Phi) is 5.53. The van der Waals surface area contributed by atoms with E-state index in [0.29, 0.717) is 12.2 Å². The second kappa shape index (κ2) is 7.79. The molecule has 0 spiro atoms. The predicted octanol–water partition coefficient (Wildman–Crippen LogP) is 3.48. The van der Waals surface area contributed by atoms with E-state index in [2.05, 4.69) is 5.32 Å². The number of para-hydroxylation sites is 1. The highest BCUT2D eigenvalue weighted by Crippen LogP contribution is 2.27. The lowest BCUT2D eigenvalue weighted by Gasteiger charge is -2.07. The summed E-state index contributed by atoms with van der Waals surface area (Å²) in [6, 6.07) is 11.9. The Morgan fingerprint density at radius 3 is 2.79 bits per heavy atom. The van der Waals surface area contributed by atoms with Crippen molar-refractivity contribution in [1.82, 2.24) is 0 Å². The van der Waals surface area contributed by atoms with Gasteiger partial charge in [0.05, 0.1) is 12.3 Å². The summed E-state index contributed by atoms with van der Waals surface area (Å²) in [4.78, 5) is 12.1. The number of phenols is 1. The van der Waals surface area contributed by atoms with Crippen LogP contribution in [0.5, 0.6) is 11.5 Å². The highest BCUT2D eigenvalue weighted by Gasteiger charge is 2.12. The number of nitrogens with zero attached hydrogens (tertiary/aromatic N) is 1. The number of aromatic hydroxyl groups is 1. The van der Waals surface area contributed by atoms with E-state index in [4.69, 9.17) is 4.74 Å². The summed E-state index contributed by atoms with van der Waals surface area (Å²) >= 11 is 0. The van der Waals surface area contributed by atoms with Crippen molar-refractivity contribution in [1.29, 1.82) is 5.26 Å². The van der Waals surface area contributed by atoms with Crippen LogP contribution in [0.2, 0.25) is 0 Å². The maximum Gasteiger partial charge on any atom is 0.266 e. The number of benzene rings is 2. The number of nitriles is 1. The van der Waals surface area contributed by atoms with Gasteiger partial charge in [-0.15, -0.1) is 0 Å². The maximum absolute atomic E-state index is 13.6. The molecule has 122 valence electrons. The van der Waals surface area contributed by atoms with Gasteiger partial charge in [-0.2, -0.15) is 5.26 Å². The Morgan fingerprint density at radius 2 is 2.12 bits per heavy atom. The molecular weight excluding hydrogens is 311 g/mol. The fourth-order valence-electron chi connectivity index (χ4n) is 1.96. The molecule has 2 aromatic rings. The lowest BCUT2D eigenvalue weighted by Crippen LogP contribution is -2.14. The molecule has 24 heavy (non-hydrogen) atoms. The second-order valence-electron chi connectivity index (χ2n) is 4.76. The fourth-order valence-corrected chi connectivity index (χ4v) is 1.96. The molecule has 6 heteroatoms. The number of hydrogen-bond donors (Lipinski definition) is 2. The van der Waals surface area contributed by atoms with E-state index in [1.54, 1.807) is 19.1 Å². The van der Waals surface area contributed by atoms with Gasteiger partial charge in [-0.1, -0.05) is 18.2 Å². The number of hydrogen-bond acceptors (Lipinski definition) is 4. The first-order valence-electron chi connectivity index (χ1n) is 7.18. The van der Waals surface area contributed by atoms with Crippen LogP contribution in [-0.2, 0) is 4.79 Å². The van der Waals surface area contributed by atoms with Crippen LogP contribution in [-0.4, -0.2) is 17.6 Å². The molecule has 0 aliphatic rings. The van der Waals surface area contributed by atoms with Crippen molar-refractivity contribution in [3.05, 3.63) is 59.4 Å². The van der Waals surface area contributed by atoms with Crippen molar-refractivity contribution < 1.29 is 19.0 Å². The number of carbonyl (C=O) groups excluding carboxylic acids is 1. The summed E-state index contributed by atoms with van der Waals surface area (Å²) in [5, 5.41) is 21.2. The highest BCUT2D eigenvalue weighted by molar-refractivity contribution is 6.09. The number of rotatable bonds is 5. The van der Waals surface area contributed by atoms with Crippen molar-refractivity contribution in [2.24, 2.45) is 0 Å². The van der Waals surface area contributed by atoms with Gasteiger partial charge in [-0.05, 0) is 42.8 Å². The van der Waals surface area contributed by atoms with Gasteiger partial charge in [0.1, 0.15) is 17.5 Å². The molecule has 0 saturated heterocycles. The molecule has 0 aliphatic heterocycles. The summed E-state index contributed by atoms with van der Waals surface area (Å²) in [6.07, 6.45) is 1.33. The molecule has 0 aromatic heterocycles. The number of ether oxygens (including phenoxy) is 1. The Balaban J connectivity index is 2.26. The molecule has 2 N–H and O–H groups in total. The minimum absolute atomic E-state index is 0.00985. The summed E-state index contributed by atoms with van der Waals surface area (Å²) in [6.45, 7) is 2.13. The van der Waals surface area contributed by atoms with E-state index in [-0.39, 0.29) is 22.8 Å². The smallest absolute Gasteiger partial charge is 0.266 e. The zero-order chi connectivity index (χ0) is 17.5. The predicted molar refractivity (Wildman–Crippen MR) is 87.9 cm³/mol. The Labute approximate surface area is 138 Å². The number of halogens is 1. The van der Waals surface area contributed by atoms with E-state index in [9.17, 15) is 19.6 Å². The lowest BCUT2D eigenvalue weighted by atomic mass is 10.1. The normalized spacial score (nSPS) is 10.8. The molecule has 1 amide bonds. The highest BCUT2D eigenvalue weighted by atomic mass is 19.1. The Hall–Kier alpha value is -3.33. The molecule has 0 bridgehead atoms. The van der Waals surface area contributed by atoms with Crippen LogP contribution in [0.4, 0.5) is 10.1 Å². The van der Waals surface area contributed by atoms with E-state index in [1.165, 1.54) is 42.5 Å². The Morgan fingerprint density at radius 1 is 1.38 bits per heavy atom. The monoisotopic (exact) mass is 326 g/mol. The van der Waals surface area contributed by atoms with Crippen LogP contribution in [0.25, 0.3) is 6.08 Å². The SMILES string of the molecule is CCOc1cc(/C=C(\C#N)C(=O)Nc2ccccc2F)ccc1O. The quantitative estimate of drug-likeness (QED) is 0.651. The van der Waals surface area contributed by atoms with Crippen molar-refractivity contribution in [2.75, 3.05) is 11.9 Å². The van der Waals surface area contributed by atoms with Crippen LogP contribution in [0.15, 0.2) is 48.0 Å². The van der Waals surface area contributed by atoms with Gasteiger partial charge in [0, 0.05) is 0 Å². The van der Waals surface area contributed by atoms with E-state index >= 15 is 0 Å². The first-order chi connectivity index (χ1) is 11.5. The van der Waals surface area contributed by atoms with Crippen molar-refractivity contribution >= 4 is 17.7 Å². The van der Waals surface area contributed by atoms with Gasteiger partial charge in [-0.3, -0.25) is 4.79 Å². The standard InChI is InChI=1S/C18H15FN2O3/c1-2-24-17-10-12(7-8-16(17)22)9-13(11-20)18(23)21-15-6-4-3-5-14(15)19/h3-10,22H,2H2,1H3,(H,21,23)/b13-9+. The largest absolute Gasteiger partial charge is 0.504 e. The Bertz CT molecular complexity index is 825. The minimum Gasteiger partial charge on any atom is -0.504 e. The topological polar surface area (TPSA) is 82.3 Å². The van der Waals surface area contributed by atoms with Crippen molar-refractivity contribution in [3.63, 3.8) is 0 Å². The molecule has 0 heterocycles. The second-order valence-corrected chi connectivity index (χ2v) is 4.76. The van der Waals surface area contributed by atoms with Crippen LogP contribution in [0.3, 0.4) is 0 Å². The zero-order valence-corrected chi connectivity index (χ0v) is 12.9. The molecule has 0 atom stereocenters. The van der Waals surface area contributed by atoms with Gasteiger partial charge in [0.25, 0.3) is 5.91 Å². The third-order valence-electron chi connectivity index (χ3n) is 3.08. The average molecular weight is 326 g/mol. The van der Waals surface area contributed by atoms with Gasteiger partial charge < -0.3 is 15.2 Å². The van der Waals surface area contributed by atoms with Crippen LogP contribution in [0, 0.1) is 17.1 Å². The van der Waals surface area contributed by atoms with E-state index in [1.807, 2.05) is 0 Å². The maximum atomic E-state index is 13.6. The number of anilines is 1. The third kappa shape index (κ3) is 4.11. The van der Waals surface area contributed by atoms with Gasteiger partial charge in [-0.25, -0.2) is 4.39 Å². The first-order valence-corrected chi connectivity index (χ1v) is 7.18. The molecule has 0 aliphatic carbocycles. The molecule has 2 aromatic carbocycles. The zero-order valence-electron chi connectivity index (χ0n) is 12.9. The number of phenolic OH excluding ortho intramolecular Hbond substituents is 1. The minimum atomic E-state index is -0.728. The van der Waals surface area contributed by atoms with Crippen molar-refractivity contribution in [3.8, 4) is 17.6 Å². The molecule has 0 radical (unpaired) electrons. The van der Waals surface area contributed by atoms with E-state index < -0.39 is 11.7 Å². The van der Waals surface area contributed by atoms with Gasteiger partial charge in [0.15, 0.2) is 11.5 Å². The van der Waals surface area contributed by atoms with Crippen LogP contribution in [0.1, 0.15) is 12.5 Å². The molecule has 0 fully saturated rings. The molecule has 0 unspecified atom stereocenters. The lowest BCUT2D eigenvalue weighted by molar-refractivity contribution is -0.112. The first kappa shape index (κ1) is 17.0. The molecule has 0 saturated carbocycles. The summed E-state index contributed by atoms with van der Waals surface area (Å²) in [5.74, 6) is -1.11. The third-order valence-corrected chi connectivity index (χ3v) is 3.08. The number of nitrogens with one attached hydrogen (secondary N) is 1.